The summed E-state index contributed by atoms with van der Waals surface area (Å²) in [6, 6.07) is 0. The minimum absolute atomic E-state index is 0.0774. The van der Waals surface area contributed by atoms with Crippen LogP contribution >= 0.6 is 0 Å². The molecule has 0 aromatic rings. The van der Waals surface area contributed by atoms with Crippen molar-refractivity contribution in [2.45, 2.75) is 24.4 Å². The van der Waals surface area contributed by atoms with Crippen LogP contribution < -0.4 is 0 Å². The number of rotatable bonds is 6. The van der Waals surface area contributed by atoms with E-state index in [-0.39, 0.29) is 12.6 Å². The van der Waals surface area contributed by atoms with Gasteiger partial charge in [0.1, 0.15) is 24.4 Å². The number of aliphatic hydroxyl groups excluding tert-OH is 4. The zero-order chi connectivity index (χ0) is 11.3. The van der Waals surface area contributed by atoms with Crippen molar-refractivity contribution >= 4 is 18.4 Å². The Morgan fingerprint density at radius 3 is 1.86 bits per heavy atom. The van der Waals surface area contributed by atoms with Gasteiger partial charge in [-0.1, -0.05) is 0 Å². The first kappa shape index (κ1) is 12.8. The number of Topliss-reactive ketones (excluding diaryl/α,β-unsaturated/α-hetero) is 1. The Bertz CT molecular complexity index is 226. The van der Waals surface area contributed by atoms with Gasteiger partial charge in [0, 0.05) is 0 Å². The van der Waals surface area contributed by atoms with Crippen molar-refractivity contribution in [2.75, 3.05) is 0 Å². The van der Waals surface area contributed by atoms with Crippen LogP contribution in [-0.2, 0) is 14.4 Å². The van der Waals surface area contributed by atoms with Crippen molar-refractivity contribution in [2.24, 2.45) is 0 Å². The molecular formula is C7H10O7. The highest BCUT2D eigenvalue weighted by molar-refractivity contribution is 6.27. The molecule has 0 spiro atoms. The molecule has 0 saturated carbocycles. The standard InChI is InChI=1S/C7H10O7/c8-1-3(10)5(12)7(14)6(13)4(11)2-9/h1-3,5-7,10,12-14H/t3-,5-,6+,7+/m1/s1. The van der Waals surface area contributed by atoms with E-state index < -0.39 is 30.2 Å². The lowest BCUT2D eigenvalue weighted by atomic mass is 10.0. The highest BCUT2D eigenvalue weighted by Gasteiger charge is 2.33. The van der Waals surface area contributed by atoms with Crippen LogP contribution in [0.1, 0.15) is 0 Å². The molecule has 7 nitrogen and oxygen atoms in total. The second-order valence-electron chi connectivity index (χ2n) is 2.57. The summed E-state index contributed by atoms with van der Waals surface area (Å²) in [5.41, 5.74) is 0. The first-order chi connectivity index (χ1) is 6.45. The third-order valence-electron chi connectivity index (χ3n) is 1.57. The fourth-order valence-electron chi connectivity index (χ4n) is 0.707. The molecule has 0 amide bonds. The molecule has 0 fully saturated rings. The van der Waals surface area contributed by atoms with Gasteiger partial charge < -0.3 is 25.2 Å². The van der Waals surface area contributed by atoms with Crippen LogP contribution in [0.4, 0.5) is 0 Å². The van der Waals surface area contributed by atoms with Crippen molar-refractivity contribution in [1.82, 2.24) is 0 Å². The number of carbonyl (C=O) groups excluding carboxylic acids is 3. The molecule has 0 aliphatic heterocycles. The Kier molecular flexibility index (Phi) is 5.10. The number of hydrogen-bond donors (Lipinski definition) is 4. The van der Waals surface area contributed by atoms with Gasteiger partial charge in [-0.2, -0.15) is 0 Å². The summed E-state index contributed by atoms with van der Waals surface area (Å²) in [5, 5.41) is 35.5. The molecule has 14 heavy (non-hydrogen) atoms. The smallest absolute Gasteiger partial charge is 0.226 e. The van der Waals surface area contributed by atoms with Gasteiger partial charge in [-0.3, -0.25) is 9.59 Å². The molecule has 0 aliphatic carbocycles. The maximum absolute atomic E-state index is 10.5. The fourth-order valence-corrected chi connectivity index (χ4v) is 0.707. The van der Waals surface area contributed by atoms with Crippen LogP contribution in [0.25, 0.3) is 0 Å². The molecule has 0 heterocycles. The van der Waals surface area contributed by atoms with E-state index in [1.807, 2.05) is 0 Å². The largest absolute Gasteiger partial charge is 0.387 e. The number of aldehydes is 2. The van der Waals surface area contributed by atoms with Crippen LogP contribution in [0.15, 0.2) is 0 Å². The Morgan fingerprint density at radius 2 is 1.50 bits per heavy atom. The fraction of sp³-hybridized carbons (Fsp3) is 0.571. The topological polar surface area (TPSA) is 132 Å². The van der Waals surface area contributed by atoms with E-state index in [0.29, 0.717) is 0 Å². The average Bonchev–Trinajstić information content (AvgIpc) is 2.23. The Morgan fingerprint density at radius 1 is 1.00 bits per heavy atom. The summed E-state index contributed by atoms with van der Waals surface area (Å²) in [5.74, 6) is -1.35. The van der Waals surface area contributed by atoms with E-state index in [0.717, 1.165) is 0 Å². The first-order valence-corrected chi connectivity index (χ1v) is 3.62. The predicted molar refractivity (Wildman–Crippen MR) is 41.2 cm³/mol. The second-order valence-corrected chi connectivity index (χ2v) is 2.57. The van der Waals surface area contributed by atoms with Gasteiger partial charge in [0.25, 0.3) is 0 Å². The number of carbonyl (C=O) groups is 3. The van der Waals surface area contributed by atoms with E-state index in [2.05, 4.69) is 0 Å². The van der Waals surface area contributed by atoms with E-state index in [4.69, 9.17) is 20.4 Å². The van der Waals surface area contributed by atoms with Crippen LogP contribution in [-0.4, -0.2) is 63.2 Å². The number of aliphatic hydroxyl groups is 4. The molecule has 4 atom stereocenters. The van der Waals surface area contributed by atoms with Crippen LogP contribution in [0, 0.1) is 0 Å². The molecule has 0 unspecified atom stereocenters. The van der Waals surface area contributed by atoms with Crippen molar-refractivity contribution in [1.29, 1.82) is 0 Å². The molecular weight excluding hydrogens is 196 g/mol. The maximum Gasteiger partial charge on any atom is 0.226 e. The van der Waals surface area contributed by atoms with E-state index in [1.165, 1.54) is 0 Å². The zero-order valence-corrected chi connectivity index (χ0v) is 6.98. The van der Waals surface area contributed by atoms with Gasteiger partial charge in [0.2, 0.25) is 5.78 Å². The molecule has 0 rings (SSSR count). The normalized spacial score (nSPS) is 19.1. The molecule has 80 valence electrons. The first-order valence-electron chi connectivity index (χ1n) is 3.62. The average molecular weight is 206 g/mol. The second kappa shape index (κ2) is 5.55. The van der Waals surface area contributed by atoms with Crippen molar-refractivity contribution < 1.29 is 34.8 Å². The lowest BCUT2D eigenvalue weighted by molar-refractivity contribution is -0.150. The van der Waals surface area contributed by atoms with Gasteiger partial charge >= 0.3 is 0 Å². The lowest BCUT2D eigenvalue weighted by Crippen LogP contribution is -2.48. The van der Waals surface area contributed by atoms with Gasteiger partial charge in [-0.05, 0) is 0 Å². The Balaban J connectivity index is 4.44. The molecule has 4 N–H and O–H groups in total. The van der Waals surface area contributed by atoms with E-state index in [9.17, 15) is 14.4 Å². The maximum atomic E-state index is 10.5. The van der Waals surface area contributed by atoms with Crippen molar-refractivity contribution in [3.05, 3.63) is 0 Å². The van der Waals surface area contributed by atoms with Gasteiger partial charge in [0.05, 0.1) is 0 Å². The van der Waals surface area contributed by atoms with Crippen LogP contribution in [0.2, 0.25) is 0 Å². The number of hydrogen-bond acceptors (Lipinski definition) is 7. The lowest BCUT2D eigenvalue weighted by Gasteiger charge is -2.21. The minimum atomic E-state index is -2.16. The molecule has 7 heteroatoms. The quantitative estimate of drug-likeness (QED) is 0.260. The predicted octanol–water partition coefficient (Wildman–Crippen LogP) is -3.60. The summed E-state index contributed by atoms with van der Waals surface area (Å²) in [4.78, 5) is 30.3. The van der Waals surface area contributed by atoms with Crippen LogP contribution in [0.5, 0.6) is 0 Å². The molecule has 0 aromatic heterocycles. The number of ketones is 1. The molecule has 0 aromatic carbocycles. The Labute approximate surface area is 78.6 Å². The van der Waals surface area contributed by atoms with E-state index in [1.54, 1.807) is 0 Å². The highest BCUT2D eigenvalue weighted by Crippen LogP contribution is 2.04. The summed E-state index contributed by atoms with van der Waals surface area (Å²) < 4.78 is 0. The van der Waals surface area contributed by atoms with Crippen LogP contribution in [0.3, 0.4) is 0 Å². The van der Waals surface area contributed by atoms with Crippen molar-refractivity contribution in [3.8, 4) is 0 Å². The zero-order valence-electron chi connectivity index (χ0n) is 6.98. The van der Waals surface area contributed by atoms with Gasteiger partial charge in [0.15, 0.2) is 12.6 Å². The van der Waals surface area contributed by atoms with E-state index >= 15 is 0 Å². The minimum Gasteiger partial charge on any atom is -0.387 e. The summed E-state index contributed by atoms with van der Waals surface area (Å²) in [6.45, 7) is 0. The third kappa shape index (κ3) is 2.96. The van der Waals surface area contributed by atoms with Gasteiger partial charge in [-0.25, -0.2) is 0 Å². The monoisotopic (exact) mass is 206 g/mol. The SMILES string of the molecule is O=CC(=O)[C@H](O)[C@@H](O)[C@H](O)[C@H](O)C=O. The molecule has 0 radical (unpaired) electrons. The summed E-state index contributed by atoms with van der Waals surface area (Å²) in [7, 11) is 0. The highest BCUT2D eigenvalue weighted by atomic mass is 16.4. The third-order valence-corrected chi connectivity index (χ3v) is 1.57. The van der Waals surface area contributed by atoms with Crippen molar-refractivity contribution in [3.63, 3.8) is 0 Å². The Hall–Kier alpha value is -1.15. The summed E-state index contributed by atoms with van der Waals surface area (Å²) in [6.07, 6.45) is -8.52. The molecule has 0 bridgehead atoms. The summed E-state index contributed by atoms with van der Waals surface area (Å²) >= 11 is 0. The van der Waals surface area contributed by atoms with Gasteiger partial charge in [-0.15, -0.1) is 0 Å². The molecule has 0 aliphatic rings. The molecule has 0 saturated heterocycles.